The molecular weight excluding hydrogens is 378 g/mol. The van der Waals surface area contributed by atoms with Crippen LogP contribution in [0.3, 0.4) is 0 Å². The van der Waals surface area contributed by atoms with Crippen molar-refractivity contribution >= 4 is 28.3 Å². The molecule has 0 saturated heterocycles. The van der Waals surface area contributed by atoms with Gasteiger partial charge in [0.1, 0.15) is 5.75 Å². The summed E-state index contributed by atoms with van der Waals surface area (Å²) in [7, 11) is 1.63. The molecule has 3 N–H and O–H groups in total. The fourth-order valence-corrected chi connectivity index (χ4v) is 3.26. The molecule has 0 spiro atoms. The van der Waals surface area contributed by atoms with E-state index in [-0.39, 0.29) is 18.4 Å². The van der Waals surface area contributed by atoms with Gasteiger partial charge in [-0.2, -0.15) is 0 Å². The molecule has 1 atom stereocenters. The Morgan fingerprint density at radius 3 is 2.40 bits per heavy atom. The van der Waals surface area contributed by atoms with Crippen molar-refractivity contribution in [1.29, 1.82) is 0 Å². The Morgan fingerprint density at radius 1 is 0.933 bits per heavy atom. The van der Waals surface area contributed by atoms with Gasteiger partial charge in [-0.3, -0.25) is 20.4 Å². The number of ether oxygens (including phenoxy) is 1. The van der Waals surface area contributed by atoms with Gasteiger partial charge in [0.05, 0.1) is 19.6 Å². The molecule has 0 aliphatic heterocycles. The summed E-state index contributed by atoms with van der Waals surface area (Å²) in [5, 5.41) is 5.14. The molecule has 0 bridgehead atoms. The van der Waals surface area contributed by atoms with E-state index in [0.29, 0.717) is 0 Å². The van der Waals surface area contributed by atoms with Crippen molar-refractivity contribution in [2.24, 2.45) is 0 Å². The number of carbonyl (C=O) groups is 2. The van der Waals surface area contributed by atoms with Crippen molar-refractivity contribution in [3.63, 3.8) is 0 Å². The summed E-state index contributed by atoms with van der Waals surface area (Å²) in [6.07, 6.45) is 0. The lowest BCUT2D eigenvalue weighted by molar-refractivity contribution is -0.128. The highest BCUT2D eigenvalue weighted by Crippen LogP contribution is 2.25. The van der Waals surface area contributed by atoms with Crippen LogP contribution in [-0.4, -0.2) is 25.5 Å². The number of nitrogens with one attached hydrogen (secondary N) is 3. The minimum Gasteiger partial charge on any atom is -0.497 e. The van der Waals surface area contributed by atoms with Crippen LogP contribution in [0.5, 0.6) is 5.75 Å². The summed E-state index contributed by atoms with van der Waals surface area (Å²) in [5.74, 6) is -0.217. The van der Waals surface area contributed by atoms with E-state index in [1.165, 1.54) is 0 Å². The number of hydrazine groups is 1. The monoisotopic (exact) mass is 405 g/mol. The van der Waals surface area contributed by atoms with Crippen molar-refractivity contribution in [3.8, 4) is 5.75 Å². The van der Waals surface area contributed by atoms with Crippen LogP contribution >= 0.6 is 0 Å². The van der Waals surface area contributed by atoms with E-state index < -0.39 is 5.92 Å². The summed E-state index contributed by atoms with van der Waals surface area (Å²) in [4.78, 5) is 24.6. The summed E-state index contributed by atoms with van der Waals surface area (Å²) in [6.45, 7) is 5.87. The maximum atomic E-state index is 12.5. The van der Waals surface area contributed by atoms with Crippen molar-refractivity contribution in [2.75, 3.05) is 19.0 Å². The first-order valence-electron chi connectivity index (χ1n) is 9.85. The van der Waals surface area contributed by atoms with Crippen molar-refractivity contribution in [3.05, 3.63) is 71.3 Å². The van der Waals surface area contributed by atoms with Crippen LogP contribution in [0.15, 0.2) is 54.6 Å². The minimum absolute atomic E-state index is 0.0658. The van der Waals surface area contributed by atoms with E-state index in [9.17, 15) is 9.59 Å². The van der Waals surface area contributed by atoms with Crippen LogP contribution in [0.1, 0.15) is 29.5 Å². The third-order valence-electron chi connectivity index (χ3n) is 5.11. The number of fused-ring (bicyclic) bond motifs is 1. The van der Waals surface area contributed by atoms with Gasteiger partial charge in [0.25, 0.3) is 5.91 Å². The molecule has 3 aromatic rings. The fourth-order valence-electron chi connectivity index (χ4n) is 3.26. The van der Waals surface area contributed by atoms with E-state index in [2.05, 4.69) is 16.2 Å². The summed E-state index contributed by atoms with van der Waals surface area (Å²) >= 11 is 0. The lowest BCUT2D eigenvalue weighted by Crippen LogP contribution is -2.45. The first-order valence-corrected chi connectivity index (χ1v) is 9.85. The summed E-state index contributed by atoms with van der Waals surface area (Å²) < 4.78 is 5.24. The molecule has 3 rings (SSSR count). The van der Waals surface area contributed by atoms with E-state index in [1.54, 1.807) is 14.0 Å². The molecule has 0 radical (unpaired) electrons. The number of anilines is 1. The van der Waals surface area contributed by atoms with Gasteiger partial charge in [-0.05, 0) is 60.9 Å². The Balaban J connectivity index is 1.54. The first-order chi connectivity index (χ1) is 14.4. The van der Waals surface area contributed by atoms with Gasteiger partial charge in [-0.15, -0.1) is 0 Å². The number of aryl methyl sites for hydroxylation is 2. The highest BCUT2D eigenvalue weighted by Gasteiger charge is 2.16. The average Bonchev–Trinajstić information content (AvgIpc) is 2.75. The second-order valence-corrected chi connectivity index (χ2v) is 7.40. The number of hydrogen-bond donors (Lipinski definition) is 3. The van der Waals surface area contributed by atoms with Gasteiger partial charge in [0.2, 0.25) is 5.91 Å². The van der Waals surface area contributed by atoms with Crippen LogP contribution in [0.2, 0.25) is 0 Å². The van der Waals surface area contributed by atoms with E-state index >= 15 is 0 Å². The van der Waals surface area contributed by atoms with E-state index in [0.717, 1.165) is 38.9 Å². The summed E-state index contributed by atoms with van der Waals surface area (Å²) in [5.41, 5.74) is 8.97. The van der Waals surface area contributed by atoms with Gasteiger partial charge in [0.15, 0.2) is 0 Å². The Morgan fingerprint density at radius 2 is 1.67 bits per heavy atom. The smallest absolute Gasteiger partial charge is 0.257 e. The third-order valence-corrected chi connectivity index (χ3v) is 5.11. The minimum atomic E-state index is -0.413. The van der Waals surface area contributed by atoms with Gasteiger partial charge in [-0.1, -0.05) is 42.0 Å². The Bertz CT molecular complexity index is 1080. The van der Waals surface area contributed by atoms with Gasteiger partial charge in [0, 0.05) is 5.69 Å². The normalized spacial score (nSPS) is 11.6. The predicted octanol–water partition coefficient (Wildman–Crippen LogP) is 3.83. The molecule has 0 saturated carbocycles. The van der Waals surface area contributed by atoms with Crippen molar-refractivity contribution in [2.45, 2.75) is 26.7 Å². The quantitative estimate of drug-likeness (QED) is 0.545. The molecule has 3 aromatic carbocycles. The molecule has 156 valence electrons. The lowest BCUT2D eigenvalue weighted by Gasteiger charge is -2.15. The zero-order valence-corrected chi connectivity index (χ0v) is 17.7. The fraction of sp³-hybridized carbons (Fsp3) is 0.250. The van der Waals surface area contributed by atoms with Gasteiger partial charge >= 0.3 is 0 Å². The second kappa shape index (κ2) is 9.31. The van der Waals surface area contributed by atoms with Gasteiger partial charge in [-0.25, -0.2) is 0 Å². The number of rotatable bonds is 6. The number of benzene rings is 3. The molecular formula is C24H27N3O3. The van der Waals surface area contributed by atoms with Crippen molar-refractivity contribution in [1.82, 2.24) is 10.9 Å². The largest absolute Gasteiger partial charge is 0.497 e. The molecule has 0 fully saturated rings. The molecule has 0 aromatic heterocycles. The first kappa shape index (κ1) is 21.2. The molecule has 0 aliphatic rings. The van der Waals surface area contributed by atoms with Crippen molar-refractivity contribution < 1.29 is 14.3 Å². The van der Waals surface area contributed by atoms with E-state index in [1.807, 2.05) is 68.4 Å². The Hall–Kier alpha value is -3.54. The van der Waals surface area contributed by atoms with Gasteiger partial charge < -0.3 is 10.1 Å². The van der Waals surface area contributed by atoms with Crippen LogP contribution in [0.25, 0.3) is 10.8 Å². The highest BCUT2D eigenvalue weighted by molar-refractivity contribution is 5.90. The topological polar surface area (TPSA) is 79.5 Å². The molecule has 30 heavy (non-hydrogen) atoms. The zero-order valence-electron chi connectivity index (χ0n) is 17.7. The van der Waals surface area contributed by atoms with Crippen LogP contribution in [0, 0.1) is 13.8 Å². The SMILES string of the molecule is COc1ccc2cc([C@H](C)C(=O)NNC(=O)CNc3ccc(C)cc3C)ccc2c1. The number of methoxy groups -OCH3 is 1. The lowest BCUT2D eigenvalue weighted by atomic mass is 9.97. The van der Waals surface area contributed by atoms with Crippen LogP contribution in [0.4, 0.5) is 5.69 Å². The number of carbonyl (C=O) groups excluding carboxylic acids is 2. The second-order valence-electron chi connectivity index (χ2n) is 7.40. The van der Waals surface area contributed by atoms with Crippen LogP contribution < -0.4 is 20.9 Å². The highest BCUT2D eigenvalue weighted by atomic mass is 16.5. The molecule has 2 amide bonds. The molecule has 6 heteroatoms. The average molecular weight is 405 g/mol. The Labute approximate surface area is 176 Å². The van der Waals surface area contributed by atoms with E-state index in [4.69, 9.17) is 4.74 Å². The van der Waals surface area contributed by atoms with Crippen LogP contribution in [-0.2, 0) is 9.59 Å². The Kier molecular flexibility index (Phi) is 6.57. The summed E-state index contributed by atoms with van der Waals surface area (Å²) in [6, 6.07) is 17.6. The standard InChI is InChI=1S/C24H27N3O3/c1-15-5-10-22(16(2)11-15)25-14-23(28)26-27-24(29)17(3)18-6-7-20-13-21(30-4)9-8-19(20)12-18/h5-13,17,25H,14H2,1-4H3,(H,26,28)(H,27,29)/t17-/m0/s1. The predicted molar refractivity (Wildman–Crippen MR) is 120 cm³/mol. The maximum Gasteiger partial charge on any atom is 0.257 e. The molecule has 0 aliphatic carbocycles. The molecule has 0 unspecified atom stereocenters. The number of amides is 2. The third kappa shape index (κ3) is 5.08. The maximum absolute atomic E-state index is 12.5. The zero-order chi connectivity index (χ0) is 21.7. The molecule has 0 heterocycles. The number of hydrogen-bond acceptors (Lipinski definition) is 4. The molecule has 6 nitrogen and oxygen atoms in total.